The van der Waals surface area contributed by atoms with Gasteiger partial charge in [-0.25, -0.2) is 4.79 Å². The standard InChI is InChI=1S/C15H18O6/c1-9-11-12(17)15(8-16,21-9)13(20-11)14(18)19-7-10-5-3-2-4-6-10/h2-6,9,11-13,16-17H,7-8H2,1H3/t9-,11-,12-,13?,15+/m0/s1. The van der Waals surface area contributed by atoms with Gasteiger partial charge in [-0.05, 0) is 12.5 Å². The quantitative estimate of drug-likeness (QED) is 0.761. The molecule has 3 rings (SSSR count). The molecular weight excluding hydrogens is 276 g/mol. The highest BCUT2D eigenvalue weighted by Crippen LogP contribution is 2.44. The van der Waals surface area contributed by atoms with Gasteiger partial charge in [-0.1, -0.05) is 30.3 Å². The molecule has 5 atom stereocenters. The first-order chi connectivity index (χ1) is 10.1. The number of benzene rings is 1. The maximum Gasteiger partial charge on any atom is 0.338 e. The maximum atomic E-state index is 12.2. The Kier molecular flexibility index (Phi) is 3.71. The number of esters is 1. The minimum Gasteiger partial charge on any atom is -0.459 e. The van der Waals surface area contributed by atoms with E-state index in [2.05, 4.69) is 0 Å². The molecule has 0 spiro atoms. The Labute approximate surface area is 122 Å². The van der Waals surface area contributed by atoms with Crippen LogP contribution in [0.3, 0.4) is 0 Å². The fourth-order valence-electron chi connectivity index (χ4n) is 2.97. The van der Waals surface area contributed by atoms with Crippen LogP contribution in [0.1, 0.15) is 12.5 Å². The van der Waals surface area contributed by atoms with E-state index in [0.717, 1.165) is 5.56 Å². The Morgan fingerprint density at radius 1 is 1.38 bits per heavy atom. The van der Waals surface area contributed by atoms with E-state index < -0.39 is 36.5 Å². The van der Waals surface area contributed by atoms with Crippen molar-refractivity contribution in [2.45, 2.75) is 43.5 Å². The van der Waals surface area contributed by atoms with Crippen molar-refractivity contribution in [2.24, 2.45) is 0 Å². The summed E-state index contributed by atoms with van der Waals surface area (Å²) in [5, 5.41) is 19.7. The Bertz CT molecular complexity index is 518. The predicted molar refractivity (Wildman–Crippen MR) is 71.3 cm³/mol. The van der Waals surface area contributed by atoms with Crippen molar-refractivity contribution in [2.75, 3.05) is 6.61 Å². The fraction of sp³-hybridized carbons (Fsp3) is 0.533. The molecule has 0 aliphatic carbocycles. The summed E-state index contributed by atoms with van der Waals surface area (Å²) in [5.41, 5.74) is -0.570. The van der Waals surface area contributed by atoms with Gasteiger partial charge in [0.25, 0.3) is 0 Å². The smallest absolute Gasteiger partial charge is 0.338 e. The van der Waals surface area contributed by atoms with Crippen LogP contribution in [0.5, 0.6) is 0 Å². The number of hydrogen-bond acceptors (Lipinski definition) is 6. The summed E-state index contributed by atoms with van der Waals surface area (Å²) < 4.78 is 16.3. The van der Waals surface area contributed by atoms with Crippen LogP contribution in [-0.2, 0) is 25.6 Å². The molecule has 2 bridgehead atoms. The molecule has 0 aromatic heterocycles. The molecule has 0 radical (unpaired) electrons. The molecular formula is C15H18O6. The van der Waals surface area contributed by atoms with Crippen LogP contribution in [0.25, 0.3) is 0 Å². The maximum absolute atomic E-state index is 12.2. The number of carbonyl (C=O) groups is 1. The summed E-state index contributed by atoms with van der Waals surface area (Å²) in [6, 6.07) is 9.24. The molecule has 1 aromatic rings. The normalized spacial score (nSPS) is 37.7. The molecule has 6 nitrogen and oxygen atoms in total. The van der Waals surface area contributed by atoms with Crippen molar-refractivity contribution in [1.82, 2.24) is 0 Å². The van der Waals surface area contributed by atoms with E-state index in [4.69, 9.17) is 14.2 Å². The second-order valence-corrected chi connectivity index (χ2v) is 5.45. The minimum atomic E-state index is -1.42. The third kappa shape index (κ3) is 2.24. The highest BCUT2D eigenvalue weighted by molar-refractivity contribution is 5.77. The lowest BCUT2D eigenvalue weighted by molar-refractivity contribution is -0.213. The monoisotopic (exact) mass is 294 g/mol. The molecule has 0 saturated carbocycles. The topological polar surface area (TPSA) is 85.2 Å². The molecule has 114 valence electrons. The Hall–Kier alpha value is -1.47. The van der Waals surface area contributed by atoms with Gasteiger partial charge in [-0.3, -0.25) is 0 Å². The van der Waals surface area contributed by atoms with Crippen LogP contribution >= 0.6 is 0 Å². The SMILES string of the molecule is C[C@@H]1O[C@@]2(CO)C(C(=O)OCc3ccccc3)O[C@@H]1[C@@H]2O. The molecule has 1 unspecified atom stereocenters. The summed E-state index contributed by atoms with van der Waals surface area (Å²) in [7, 11) is 0. The van der Waals surface area contributed by atoms with Crippen LogP contribution in [0.15, 0.2) is 30.3 Å². The molecule has 2 aliphatic heterocycles. The number of hydrogen-bond donors (Lipinski definition) is 2. The van der Waals surface area contributed by atoms with Crippen LogP contribution in [0.2, 0.25) is 0 Å². The average molecular weight is 294 g/mol. The lowest BCUT2D eigenvalue weighted by Gasteiger charge is -2.33. The second-order valence-electron chi connectivity index (χ2n) is 5.45. The second kappa shape index (κ2) is 5.38. The first kappa shape index (κ1) is 14.5. The lowest BCUT2D eigenvalue weighted by atomic mass is 9.93. The average Bonchev–Trinajstić information content (AvgIpc) is 2.93. The molecule has 2 saturated heterocycles. The Morgan fingerprint density at radius 3 is 2.71 bits per heavy atom. The van der Waals surface area contributed by atoms with Gasteiger partial charge in [-0.15, -0.1) is 0 Å². The van der Waals surface area contributed by atoms with E-state index in [-0.39, 0.29) is 12.7 Å². The zero-order chi connectivity index (χ0) is 15.0. The summed E-state index contributed by atoms with van der Waals surface area (Å²) in [5.74, 6) is -0.638. The zero-order valence-electron chi connectivity index (χ0n) is 11.6. The number of fused-ring (bicyclic) bond motifs is 2. The number of rotatable bonds is 4. The van der Waals surface area contributed by atoms with Gasteiger partial charge in [-0.2, -0.15) is 0 Å². The highest BCUT2D eigenvalue weighted by Gasteiger charge is 2.67. The van der Waals surface area contributed by atoms with E-state index in [9.17, 15) is 15.0 Å². The molecule has 2 N–H and O–H groups in total. The summed E-state index contributed by atoms with van der Waals surface area (Å²) in [6.07, 6.45) is -3.13. The molecule has 2 fully saturated rings. The highest BCUT2D eigenvalue weighted by atomic mass is 16.7. The van der Waals surface area contributed by atoms with Crippen LogP contribution in [-0.4, -0.2) is 52.8 Å². The van der Waals surface area contributed by atoms with E-state index in [1.807, 2.05) is 30.3 Å². The number of carbonyl (C=O) groups excluding carboxylic acids is 1. The molecule has 0 amide bonds. The number of ether oxygens (including phenoxy) is 3. The van der Waals surface area contributed by atoms with Crippen LogP contribution in [0, 0.1) is 0 Å². The van der Waals surface area contributed by atoms with Crippen molar-refractivity contribution in [3.63, 3.8) is 0 Å². The van der Waals surface area contributed by atoms with Crippen LogP contribution in [0.4, 0.5) is 0 Å². The lowest BCUT2D eigenvalue weighted by Crippen LogP contribution is -2.54. The van der Waals surface area contributed by atoms with Gasteiger partial charge in [0.2, 0.25) is 0 Å². The van der Waals surface area contributed by atoms with E-state index >= 15 is 0 Å². The fourth-order valence-corrected chi connectivity index (χ4v) is 2.97. The van der Waals surface area contributed by atoms with Gasteiger partial charge in [0.15, 0.2) is 11.7 Å². The van der Waals surface area contributed by atoms with E-state index in [1.165, 1.54) is 0 Å². The van der Waals surface area contributed by atoms with Gasteiger partial charge >= 0.3 is 5.97 Å². The van der Waals surface area contributed by atoms with Gasteiger partial charge in [0.1, 0.15) is 18.8 Å². The summed E-state index contributed by atoms with van der Waals surface area (Å²) in [6.45, 7) is 1.34. The molecule has 21 heavy (non-hydrogen) atoms. The third-order valence-electron chi connectivity index (χ3n) is 4.10. The number of aliphatic hydroxyl groups excluding tert-OH is 2. The largest absolute Gasteiger partial charge is 0.459 e. The summed E-state index contributed by atoms with van der Waals surface area (Å²) in [4.78, 5) is 12.2. The molecule has 6 heteroatoms. The van der Waals surface area contributed by atoms with Gasteiger partial charge < -0.3 is 24.4 Å². The third-order valence-corrected chi connectivity index (χ3v) is 4.10. The minimum absolute atomic E-state index is 0.108. The van der Waals surface area contributed by atoms with Crippen molar-refractivity contribution in [3.05, 3.63) is 35.9 Å². The summed E-state index contributed by atoms with van der Waals surface area (Å²) >= 11 is 0. The molecule has 2 aliphatic rings. The van der Waals surface area contributed by atoms with Crippen LogP contribution < -0.4 is 0 Å². The van der Waals surface area contributed by atoms with E-state index in [0.29, 0.717) is 0 Å². The van der Waals surface area contributed by atoms with Crippen molar-refractivity contribution in [3.8, 4) is 0 Å². The molecule has 2 heterocycles. The Balaban J connectivity index is 1.68. The van der Waals surface area contributed by atoms with Gasteiger partial charge in [0.05, 0.1) is 12.7 Å². The van der Waals surface area contributed by atoms with E-state index in [1.54, 1.807) is 6.92 Å². The van der Waals surface area contributed by atoms with Crippen molar-refractivity contribution >= 4 is 5.97 Å². The Morgan fingerprint density at radius 2 is 2.10 bits per heavy atom. The zero-order valence-corrected chi connectivity index (χ0v) is 11.6. The first-order valence-electron chi connectivity index (χ1n) is 6.91. The molecule has 1 aromatic carbocycles. The van der Waals surface area contributed by atoms with Crippen molar-refractivity contribution < 1.29 is 29.2 Å². The number of aliphatic hydroxyl groups is 2. The first-order valence-corrected chi connectivity index (χ1v) is 6.91. The predicted octanol–water partition coefficient (Wildman–Crippen LogP) is 0.00790. The van der Waals surface area contributed by atoms with Gasteiger partial charge in [0, 0.05) is 0 Å². The van der Waals surface area contributed by atoms with Crippen molar-refractivity contribution in [1.29, 1.82) is 0 Å².